The lowest BCUT2D eigenvalue weighted by molar-refractivity contribution is -0.115. The number of hydrogen-bond donors (Lipinski definition) is 2. The lowest BCUT2D eigenvalue weighted by atomic mass is 10.1. The number of nitrogens with one attached hydrogen (secondary N) is 2. The standard InChI is InChI=1S/C23H21N5O2S3/c1-12-13(2)33-22-19(12)21(30)26-18(27-22)11-32-14(3)20(29)24-16-6-4-15(5-7-16)17-10-28-8-9-31-23(28)25-17/h4-10,14H,11H2,1-3H3,(H,24,29)(H,26,27,30). The predicted octanol–water partition coefficient (Wildman–Crippen LogP) is 5.24. The third-order valence-corrected chi connectivity index (χ3v) is 8.49. The van der Waals surface area contributed by atoms with Crippen molar-refractivity contribution in [3.05, 3.63) is 68.7 Å². The molecule has 0 saturated heterocycles. The number of carbonyl (C=O) groups is 1. The molecule has 0 spiro atoms. The van der Waals surface area contributed by atoms with E-state index in [0.29, 0.717) is 17.0 Å². The van der Waals surface area contributed by atoms with Crippen molar-refractivity contribution in [2.24, 2.45) is 0 Å². The SMILES string of the molecule is Cc1sc2nc(CSC(C)C(=O)Nc3ccc(-c4cn5ccsc5n4)cc3)[nH]c(=O)c2c1C. The highest BCUT2D eigenvalue weighted by atomic mass is 32.2. The first-order valence-electron chi connectivity index (χ1n) is 10.3. The van der Waals surface area contributed by atoms with Crippen molar-refractivity contribution in [2.45, 2.75) is 31.8 Å². The van der Waals surface area contributed by atoms with E-state index in [1.165, 1.54) is 23.1 Å². The summed E-state index contributed by atoms with van der Waals surface area (Å²) >= 11 is 4.55. The topological polar surface area (TPSA) is 92.2 Å². The number of hydrogen-bond acceptors (Lipinski definition) is 7. The first kappa shape index (κ1) is 21.9. The van der Waals surface area contributed by atoms with E-state index in [0.717, 1.165) is 37.2 Å². The van der Waals surface area contributed by atoms with Gasteiger partial charge in [-0.05, 0) is 38.5 Å². The van der Waals surface area contributed by atoms with E-state index < -0.39 is 0 Å². The highest BCUT2D eigenvalue weighted by Crippen LogP contribution is 2.27. The Bertz CT molecular complexity index is 1500. The molecular formula is C23H21N5O2S3. The van der Waals surface area contributed by atoms with Crippen LogP contribution in [0.15, 0.2) is 46.8 Å². The molecule has 1 aromatic carbocycles. The Morgan fingerprint density at radius 3 is 2.79 bits per heavy atom. The van der Waals surface area contributed by atoms with E-state index in [9.17, 15) is 9.59 Å². The Hall–Kier alpha value is -2.95. The molecule has 5 rings (SSSR count). The molecule has 0 fully saturated rings. The van der Waals surface area contributed by atoms with E-state index in [1.54, 1.807) is 11.3 Å². The molecule has 0 aliphatic heterocycles. The molecule has 0 bridgehead atoms. The number of thiophene rings is 1. The number of H-pyrrole nitrogens is 1. The molecule has 10 heteroatoms. The van der Waals surface area contributed by atoms with Crippen LogP contribution in [0.4, 0.5) is 5.69 Å². The van der Waals surface area contributed by atoms with Crippen molar-refractivity contribution in [1.82, 2.24) is 19.4 Å². The third-order valence-electron chi connectivity index (χ3n) is 5.47. The summed E-state index contributed by atoms with van der Waals surface area (Å²) in [7, 11) is 0. The maximum atomic E-state index is 12.7. The zero-order chi connectivity index (χ0) is 23.1. The van der Waals surface area contributed by atoms with Crippen molar-refractivity contribution < 1.29 is 4.79 Å². The molecule has 4 heterocycles. The van der Waals surface area contributed by atoms with Gasteiger partial charge in [0, 0.05) is 33.9 Å². The number of thiazole rings is 1. The maximum absolute atomic E-state index is 12.7. The fourth-order valence-corrected chi connectivity index (χ4v) is 5.99. The Morgan fingerprint density at radius 2 is 2.03 bits per heavy atom. The van der Waals surface area contributed by atoms with Gasteiger partial charge in [-0.25, -0.2) is 9.97 Å². The second-order valence-corrected chi connectivity index (χ2v) is 11.1. The minimum atomic E-state index is -0.308. The third kappa shape index (κ3) is 4.33. The summed E-state index contributed by atoms with van der Waals surface area (Å²) in [6.07, 6.45) is 3.97. The van der Waals surface area contributed by atoms with Gasteiger partial charge < -0.3 is 10.3 Å². The average Bonchev–Trinajstić information content (AvgIpc) is 3.47. The van der Waals surface area contributed by atoms with Crippen LogP contribution in [0.25, 0.3) is 26.4 Å². The number of rotatable bonds is 6. The summed E-state index contributed by atoms with van der Waals surface area (Å²) < 4.78 is 2.00. The number of nitrogens with zero attached hydrogens (tertiary/aromatic N) is 3. The van der Waals surface area contributed by atoms with Crippen LogP contribution in [0, 0.1) is 13.8 Å². The van der Waals surface area contributed by atoms with Crippen molar-refractivity contribution >= 4 is 61.2 Å². The number of imidazole rings is 1. The molecule has 168 valence electrons. The van der Waals surface area contributed by atoms with Gasteiger partial charge in [-0.15, -0.1) is 34.4 Å². The van der Waals surface area contributed by atoms with Gasteiger partial charge in [0.1, 0.15) is 10.7 Å². The van der Waals surface area contributed by atoms with E-state index >= 15 is 0 Å². The van der Waals surface area contributed by atoms with Crippen LogP contribution in [-0.2, 0) is 10.5 Å². The number of benzene rings is 1. The monoisotopic (exact) mass is 495 g/mol. The lowest BCUT2D eigenvalue weighted by Crippen LogP contribution is -2.23. The Morgan fingerprint density at radius 1 is 1.24 bits per heavy atom. The number of amides is 1. The second-order valence-electron chi connectivity index (χ2n) is 7.71. The van der Waals surface area contributed by atoms with E-state index in [4.69, 9.17) is 0 Å². The minimum absolute atomic E-state index is 0.0958. The highest BCUT2D eigenvalue weighted by molar-refractivity contribution is 7.99. The summed E-state index contributed by atoms with van der Waals surface area (Å²) in [6.45, 7) is 5.78. The molecule has 7 nitrogen and oxygen atoms in total. The normalized spacial score (nSPS) is 12.5. The zero-order valence-corrected chi connectivity index (χ0v) is 20.7. The molecule has 1 atom stereocenters. The van der Waals surface area contributed by atoms with Crippen LogP contribution in [0.3, 0.4) is 0 Å². The summed E-state index contributed by atoms with van der Waals surface area (Å²) in [4.78, 5) is 39.9. The molecule has 2 N–H and O–H groups in total. The molecule has 5 aromatic rings. The van der Waals surface area contributed by atoms with E-state index in [-0.39, 0.29) is 16.7 Å². The number of thioether (sulfide) groups is 1. The van der Waals surface area contributed by atoms with Gasteiger partial charge in [0.05, 0.1) is 22.1 Å². The first-order valence-corrected chi connectivity index (χ1v) is 13.1. The first-order chi connectivity index (χ1) is 15.9. The maximum Gasteiger partial charge on any atom is 0.259 e. The summed E-state index contributed by atoms with van der Waals surface area (Å²) in [5.74, 6) is 0.941. The molecule has 0 saturated carbocycles. The largest absolute Gasteiger partial charge is 0.325 e. The number of carbonyl (C=O) groups excluding carboxylic acids is 1. The van der Waals surface area contributed by atoms with E-state index in [2.05, 4.69) is 20.3 Å². The number of fused-ring (bicyclic) bond motifs is 2. The van der Waals surface area contributed by atoms with Crippen LogP contribution >= 0.6 is 34.4 Å². The molecule has 0 radical (unpaired) electrons. The fraction of sp³-hybridized carbons (Fsp3) is 0.217. The Balaban J connectivity index is 1.21. The molecule has 33 heavy (non-hydrogen) atoms. The highest BCUT2D eigenvalue weighted by Gasteiger charge is 2.16. The zero-order valence-electron chi connectivity index (χ0n) is 18.2. The van der Waals surface area contributed by atoms with Crippen LogP contribution in [0.5, 0.6) is 0 Å². The average molecular weight is 496 g/mol. The Labute approximate surface area is 201 Å². The van der Waals surface area contributed by atoms with Gasteiger partial charge in [-0.2, -0.15) is 0 Å². The fourth-order valence-electron chi connectivity index (χ4n) is 3.48. The molecule has 1 amide bonds. The molecule has 0 aliphatic carbocycles. The van der Waals surface area contributed by atoms with Crippen LogP contribution in [0.2, 0.25) is 0 Å². The minimum Gasteiger partial charge on any atom is -0.325 e. The van der Waals surface area contributed by atoms with Crippen molar-refractivity contribution in [3.63, 3.8) is 0 Å². The predicted molar refractivity (Wildman–Crippen MR) is 138 cm³/mol. The van der Waals surface area contributed by atoms with Crippen LogP contribution in [0.1, 0.15) is 23.2 Å². The van der Waals surface area contributed by atoms with Crippen molar-refractivity contribution in [2.75, 3.05) is 5.32 Å². The summed E-state index contributed by atoms with van der Waals surface area (Å²) in [6, 6.07) is 7.67. The van der Waals surface area contributed by atoms with Crippen LogP contribution < -0.4 is 10.9 Å². The van der Waals surface area contributed by atoms with Gasteiger partial charge in [-0.1, -0.05) is 12.1 Å². The molecular weight excluding hydrogens is 474 g/mol. The second kappa shape index (κ2) is 8.77. The summed E-state index contributed by atoms with van der Waals surface area (Å²) in [5.41, 5.74) is 3.49. The quantitative estimate of drug-likeness (QED) is 0.336. The number of aromatic nitrogens is 4. The van der Waals surface area contributed by atoms with Gasteiger partial charge in [-0.3, -0.25) is 14.0 Å². The molecule has 1 unspecified atom stereocenters. The summed E-state index contributed by atoms with van der Waals surface area (Å²) in [5, 5.41) is 5.31. The van der Waals surface area contributed by atoms with Gasteiger partial charge >= 0.3 is 0 Å². The van der Waals surface area contributed by atoms with Gasteiger partial charge in [0.2, 0.25) is 5.91 Å². The van der Waals surface area contributed by atoms with Crippen molar-refractivity contribution in [1.29, 1.82) is 0 Å². The number of aromatic amines is 1. The molecule has 0 aliphatic rings. The number of aryl methyl sites for hydroxylation is 2. The smallest absolute Gasteiger partial charge is 0.259 e. The van der Waals surface area contributed by atoms with Crippen LogP contribution in [-0.4, -0.2) is 30.5 Å². The van der Waals surface area contributed by atoms with Gasteiger partial charge in [0.15, 0.2) is 4.96 Å². The van der Waals surface area contributed by atoms with Gasteiger partial charge in [0.25, 0.3) is 5.56 Å². The number of anilines is 1. The Kier molecular flexibility index (Phi) is 5.81. The molecule has 4 aromatic heterocycles. The lowest BCUT2D eigenvalue weighted by Gasteiger charge is -2.12. The van der Waals surface area contributed by atoms with Crippen molar-refractivity contribution in [3.8, 4) is 11.3 Å². The van der Waals surface area contributed by atoms with E-state index in [1.807, 2.05) is 67.2 Å².